The summed E-state index contributed by atoms with van der Waals surface area (Å²) in [7, 11) is 0. The number of amides is 1. The fraction of sp³-hybridized carbons (Fsp3) is 0.192. The van der Waals surface area contributed by atoms with Crippen LogP contribution in [-0.2, 0) is 0 Å². The van der Waals surface area contributed by atoms with Crippen molar-refractivity contribution in [1.29, 1.82) is 0 Å². The van der Waals surface area contributed by atoms with Crippen molar-refractivity contribution in [3.8, 4) is 11.4 Å². The first-order valence-electron chi connectivity index (χ1n) is 10.4. The van der Waals surface area contributed by atoms with E-state index in [2.05, 4.69) is 10.3 Å². The Morgan fingerprint density at radius 3 is 2.38 bits per heavy atom. The highest BCUT2D eigenvalue weighted by molar-refractivity contribution is 6.06. The molecular formula is C26H26N4O2. The van der Waals surface area contributed by atoms with Gasteiger partial charge >= 0.3 is 0 Å². The van der Waals surface area contributed by atoms with E-state index < -0.39 is 0 Å². The zero-order valence-electron chi connectivity index (χ0n) is 18.9. The van der Waals surface area contributed by atoms with Crippen LogP contribution in [-0.4, -0.2) is 21.7 Å². The molecule has 0 bridgehead atoms. The van der Waals surface area contributed by atoms with Crippen LogP contribution in [0.3, 0.4) is 0 Å². The molecule has 4 N–H and O–H groups in total. The van der Waals surface area contributed by atoms with E-state index >= 15 is 0 Å². The third-order valence-corrected chi connectivity index (χ3v) is 5.95. The number of hydrogen-bond donors (Lipinski definition) is 3. The number of anilines is 2. The van der Waals surface area contributed by atoms with Crippen molar-refractivity contribution in [2.45, 2.75) is 34.6 Å². The average molecular weight is 427 g/mol. The molecule has 0 radical (unpaired) electrons. The fourth-order valence-corrected chi connectivity index (χ4v) is 3.95. The maximum Gasteiger partial charge on any atom is 0.255 e. The zero-order valence-corrected chi connectivity index (χ0v) is 18.9. The summed E-state index contributed by atoms with van der Waals surface area (Å²) in [4.78, 5) is 32.7. The second-order valence-electron chi connectivity index (χ2n) is 8.28. The number of fused-ring (bicyclic) bond motifs is 1. The van der Waals surface area contributed by atoms with Crippen molar-refractivity contribution in [2.24, 2.45) is 0 Å². The van der Waals surface area contributed by atoms with Crippen LogP contribution in [0.25, 0.3) is 22.4 Å². The number of aryl methyl sites for hydroxylation is 3. The molecule has 4 rings (SSSR count). The third-order valence-electron chi connectivity index (χ3n) is 5.95. The summed E-state index contributed by atoms with van der Waals surface area (Å²) >= 11 is 0. The van der Waals surface area contributed by atoms with E-state index in [4.69, 9.17) is 10.7 Å². The molecule has 162 valence electrons. The van der Waals surface area contributed by atoms with E-state index in [1.807, 2.05) is 52.0 Å². The molecule has 0 aliphatic heterocycles. The Morgan fingerprint density at radius 1 is 0.938 bits per heavy atom. The van der Waals surface area contributed by atoms with Crippen molar-refractivity contribution in [3.63, 3.8) is 0 Å². The number of nitrogen functional groups attached to an aromatic ring is 1. The molecule has 0 saturated carbocycles. The van der Waals surface area contributed by atoms with Gasteiger partial charge in [-0.3, -0.25) is 9.59 Å². The van der Waals surface area contributed by atoms with Gasteiger partial charge in [-0.15, -0.1) is 0 Å². The second kappa shape index (κ2) is 7.96. The first-order valence-corrected chi connectivity index (χ1v) is 10.4. The van der Waals surface area contributed by atoms with Crippen molar-refractivity contribution in [2.75, 3.05) is 11.1 Å². The Morgan fingerprint density at radius 2 is 1.69 bits per heavy atom. The standard InChI is InChI=1S/C26H26N4O2/c1-13-6-8-19(10-14(13)2)28-26(32)18-7-9-21-22(12-18)30-25(29-21)23-15(3)11-20(17(5)31)24(27)16(23)4/h6-12H,27H2,1-5H3,(H,28,32)(H,29,30). The average Bonchev–Trinajstić information content (AvgIpc) is 3.16. The lowest BCUT2D eigenvalue weighted by atomic mass is 9.95. The molecule has 0 aliphatic carbocycles. The minimum absolute atomic E-state index is 0.0655. The molecule has 1 amide bonds. The molecule has 32 heavy (non-hydrogen) atoms. The van der Waals surface area contributed by atoms with Crippen molar-refractivity contribution in [3.05, 3.63) is 75.8 Å². The summed E-state index contributed by atoms with van der Waals surface area (Å²) in [5, 5.41) is 2.95. The maximum atomic E-state index is 12.8. The molecular weight excluding hydrogens is 400 g/mol. The van der Waals surface area contributed by atoms with E-state index in [1.54, 1.807) is 18.2 Å². The quantitative estimate of drug-likeness (QED) is 0.296. The maximum absolute atomic E-state index is 12.8. The first kappa shape index (κ1) is 21.3. The Labute approximate surface area is 186 Å². The van der Waals surface area contributed by atoms with E-state index in [0.29, 0.717) is 22.6 Å². The van der Waals surface area contributed by atoms with Crippen molar-refractivity contribution < 1.29 is 9.59 Å². The number of nitrogens with zero attached hydrogens (tertiary/aromatic N) is 1. The number of imidazole rings is 1. The van der Waals surface area contributed by atoms with Crippen LogP contribution < -0.4 is 11.1 Å². The van der Waals surface area contributed by atoms with Gasteiger partial charge in [-0.1, -0.05) is 6.07 Å². The van der Waals surface area contributed by atoms with Gasteiger partial charge in [-0.05, 0) is 93.3 Å². The van der Waals surface area contributed by atoms with Crippen LogP contribution >= 0.6 is 0 Å². The summed E-state index contributed by atoms with van der Waals surface area (Å²) in [5.41, 5.74) is 14.9. The molecule has 6 nitrogen and oxygen atoms in total. The number of nitrogens with one attached hydrogen (secondary N) is 2. The van der Waals surface area contributed by atoms with Gasteiger partial charge < -0.3 is 16.0 Å². The van der Waals surface area contributed by atoms with Crippen LogP contribution in [0.5, 0.6) is 0 Å². The van der Waals surface area contributed by atoms with Crippen LogP contribution in [0, 0.1) is 27.7 Å². The molecule has 0 saturated heterocycles. The van der Waals surface area contributed by atoms with E-state index in [0.717, 1.165) is 39.0 Å². The number of ketones is 1. The molecule has 0 atom stereocenters. The Kier molecular flexibility index (Phi) is 5.30. The highest BCUT2D eigenvalue weighted by Gasteiger charge is 2.18. The van der Waals surface area contributed by atoms with Crippen molar-refractivity contribution >= 4 is 34.1 Å². The van der Waals surface area contributed by atoms with Crippen molar-refractivity contribution in [1.82, 2.24) is 9.97 Å². The number of aromatic amines is 1. The normalized spacial score (nSPS) is 11.0. The summed E-state index contributed by atoms with van der Waals surface area (Å²) in [6, 6.07) is 13.0. The fourth-order valence-electron chi connectivity index (χ4n) is 3.95. The number of hydrogen-bond acceptors (Lipinski definition) is 4. The van der Waals surface area contributed by atoms with E-state index in [-0.39, 0.29) is 11.7 Å². The minimum atomic E-state index is -0.186. The van der Waals surface area contributed by atoms with Crippen LogP contribution in [0.15, 0.2) is 42.5 Å². The third kappa shape index (κ3) is 3.75. The van der Waals surface area contributed by atoms with Gasteiger partial charge in [0.25, 0.3) is 5.91 Å². The molecule has 3 aromatic carbocycles. The molecule has 0 aliphatic rings. The number of rotatable bonds is 4. The van der Waals surface area contributed by atoms with Crippen LogP contribution in [0.1, 0.15) is 49.9 Å². The minimum Gasteiger partial charge on any atom is -0.398 e. The topological polar surface area (TPSA) is 101 Å². The van der Waals surface area contributed by atoms with Gasteiger partial charge in [0.05, 0.1) is 11.0 Å². The molecule has 0 fully saturated rings. The number of benzene rings is 3. The summed E-state index contributed by atoms with van der Waals surface area (Å²) in [6.45, 7) is 9.39. The number of Topliss-reactive ketones (excluding diaryl/α,β-unsaturated/α-hetero) is 1. The van der Waals surface area contributed by atoms with E-state index in [9.17, 15) is 9.59 Å². The molecule has 4 aromatic rings. The van der Waals surface area contributed by atoms with Gasteiger partial charge in [-0.25, -0.2) is 4.98 Å². The molecule has 6 heteroatoms. The smallest absolute Gasteiger partial charge is 0.255 e. The predicted molar refractivity (Wildman–Crippen MR) is 129 cm³/mol. The number of aromatic nitrogens is 2. The first-order chi connectivity index (χ1) is 15.2. The summed E-state index contributed by atoms with van der Waals surface area (Å²) < 4.78 is 0. The zero-order chi connectivity index (χ0) is 23.2. The SMILES string of the molecule is CC(=O)c1cc(C)c(-c2nc3ccc(C(=O)Nc4ccc(C)c(C)c4)cc3[nH]2)c(C)c1N. The van der Waals surface area contributed by atoms with Gasteiger partial charge in [-0.2, -0.15) is 0 Å². The molecule has 0 spiro atoms. The lowest BCUT2D eigenvalue weighted by Crippen LogP contribution is -2.11. The largest absolute Gasteiger partial charge is 0.398 e. The summed E-state index contributed by atoms with van der Waals surface area (Å²) in [5.74, 6) is 0.404. The Hall–Kier alpha value is -3.93. The van der Waals surface area contributed by atoms with E-state index in [1.165, 1.54) is 12.5 Å². The number of H-pyrrole nitrogens is 1. The van der Waals surface area contributed by atoms with Gasteiger partial charge in [0.1, 0.15) is 5.82 Å². The van der Waals surface area contributed by atoms with Crippen LogP contribution in [0.4, 0.5) is 11.4 Å². The van der Waals surface area contributed by atoms with Gasteiger partial charge in [0.2, 0.25) is 0 Å². The predicted octanol–water partition coefficient (Wildman–Crippen LogP) is 5.50. The Balaban J connectivity index is 1.69. The molecule has 0 unspecified atom stereocenters. The number of carbonyl (C=O) groups is 2. The highest BCUT2D eigenvalue weighted by atomic mass is 16.1. The second-order valence-corrected chi connectivity index (χ2v) is 8.28. The lowest BCUT2D eigenvalue weighted by molar-refractivity contribution is 0.101. The molecule has 1 heterocycles. The van der Waals surface area contributed by atoms with Gasteiger partial charge in [0.15, 0.2) is 5.78 Å². The lowest BCUT2D eigenvalue weighted by Gasteiger charge is -2.13. The monoisotopic (exact) mass is 426 g/mol. The highest BCUT2D eigenvalue weighted by Crippen LogP contribution is 2.33. The van der Waals surface area contributed by atoms with Gasteiger partial charge in [0, 0.05) is 28.1 Å². The number of nitrogens with two attached hydrogens (primary N) is 1. The van der Waals surface area contributed by atoms with Crippen LogP contribution in [0.2, 0.25) is 0 Å². The molecule has 1 aromatic heterocycles. The number of carbonyl (C=O) groups excluding carboxylic acids is 2. The summed E-state index contributed by atoms with van der Waals surface area (Å²) in [6.07, 6.45) is 0. The Bertz CT molecular complexity index is 1400.